The van der Waals surface area contributed by atoms with Gasteiger partial charge < -0.3 is 0 Å². The summed E-state index contributed by atoms with van der Waals surface area (Å²) in [5.41, 5.74) is 0.880. The van der Waals surface area contributed by atoms with Crippen LogP contribution in [0.15, 0.2) is 24.3 Å². The summed E-state index contributed by atoms with van der Waals surface area (Å²) in [5.74, 6) is 0.594. The Morgan fingerprint density at radius 1 is 1.25 bits per heavy atom. The molecule has 1 aromatic rings. The van der Waals surface area contributed by atoms with Gasteiger partial charge in [0.15, 0.2) is 0 Å². The topological polar surface area (TPSA) is 35.5 Å². The monoisotopic (exact) mass is 330 g/mol. The summed E-state index contributed by atoms with van der Waals surface area (Å²) in [4.78, 5) is 17.9. The third-order valence-electron chi connectivity index (χ3n) is 1.95. The second-order valence-corrected chi connectivity index (χ2v) is 17.2. The zero-order valence-corrected chi connectivity index (χ0v) is 13.1. The Bertz CT molecular complexity index is 369. The van der Waals surface area contributed by atoms with Crippen LogP contribution in [0.25, 0.3) is 0 Å². The van der Waals surface area contributed by atoms with E-state index in [0.29, 0.717) is 0 Å². The molecule has 0 aliphatic heterocycles. The summed E-state index contributed by atoms with van der Waals surface area (Å²) in [6, 6.07) is 7.52. The summed E-state index contributed by atoms with van der Waals surface area (Å²) in [7, 11) is 1.60. The van der Waals surface area contributed by atoms with Gasteiger partial charge in [-0.1, -0.05) is 0 Å². The van der Waals surface area contributed by atoms with Crippen LogP contribution in [0.5, 0.6) is 5.75 Å². The Labute approximate surface area is 101 Å². The Morgan fingerprint density at radius 3 is 2.44 bits per heavy atom. The maximum atomic E-state index is 11.7. The average Bonchev–Trinajstić information content (AvgIpc) is 2.15. The molecule has 16 heavy (non-hydrogen) atoms. The van der Waals surface area contributed by atoms with Crippen LogP contribution >= 0.6 is 0 Å². The Kier molecular flexibility index (Phi) is 4.65. The van der Waals surface area contributed by atoms with Crippen molar-refractivity contribution >= 4 is 24.8 Å². The van der Waals surface area contributed by atoms with Gasteiger partial charge in [-0.05, 0) is 0 Å². The number of ether oxygens (including phenoxy) is 1. The minimum absolute atomic E-state index is 0.146. The summed E-state index contributed by atoms with van der Waals surface area (Å²) in [6.45, 7) is 0. The molecule has 0 aromatic heterocycles. The van der Waals surface area contributed by atoms with E-state index in [1.165, 1.54) is 0 Å². The third kappa shape index (κ3) is 4.43. The van der Waals surface area contributed by atoms with Crippen LogP contribution in [0, 0.1) is 0 Å². The molecular formula is C12H18O3Sn. The van der Waals surface area contributed by atoms with E-state index in [0.717, 1.165) is 11.3 Å². The van der Waals surface area contributed by atoms with Crippen molar-refractivity contribution in [3.63, 3.8) is 0 Å². The minimum atomic E-state index is -2.48. The van der Waals surface area contributed by atoms with Gasteiger partial charge in [-0.25, -0.2) is 0 Å². The van der Waals surface area contributed by atoms with Gasteiger partial charge in [-0.3, -0.25) is 0 Å². The van der Waals surface area contributed by atoms with Gasteiger partial charge in [0.05, 0.1) is 0 Å². The Balaban J connectivity index is 2.70. The molecule has 0 bridgehead atoms. The van der Waals surface area contributed by atoms with Crippen LogP contribution < -0.4 is 4.74 Å². The number of rotatable bonds is 4. The SMILES string of the molecule is COc1ccccc1CC(=O)[O][Sn]([CH3])([CH3])[CH3]. The van der Waals surface area contributed by atoms with Crippen molar-refractivity contribution < 1.29 is 12.6 Å². The van der Waals surface area contributed by atoms with Gasteiger partial charge in [0.1, 0.15) is 0 Å². The molecule has 0 heterocycles. The first-order chi connectivity index (χ1) is 7.42. The van der Waals surface area contributed by atoms with Crippen LogP contribution in [-0.2, 0) is 14.3 Å². The van der Waals surface area contributed by atoms with Crippen molar-refractivity contribution in [3.8, 4) is 5.75 Å². The molecule has 0 fully saturated rings. The molecule has 88 valence electrons. The van der Waals surface area contributed by atoms with Crippen molar-refractivity contribution in [1.82, 2.24) is 0 Å². The summed E-state index contributed by atoms with van der Waals surface area (Å²) >= 11 is -2.48. The van der Waals surface area contributed by atoms with Gasteiger partial charge in [0.2, 0.25) is 0 Å². The van der Waals surface area contributed by atoms with Crippen molar-refractivity contribution in [1.29, 1.82) is 0 Å². The van der Waals surface area contributed by atoms with Gasteiger partial charge in [0, 0.05) is 0 Å². The number of benzene rings is 1. The molecular weight excluding hydrogens is 311 g/mol. The Morgan fingerprint density at radius 2 is 1.88 bits per heavy atom. The predicted molar refractivity (Wildman–Crippen MR) is 66.1 cm³/mol. The molecule has 0 saturated carbocycles. The number of carbonyl (C=O) groups is 1. The fourth-order valence-corrected chi connectivity index (χ4v) is 3.54. The number of hydrogen-bond donors (Lipinski definition) is 0. The molecule has 0 saturated heterocycles. The zero-order valence-electron chi connectivity index (χ0n) is 10.2. The fraction of sp³-hybridized carbons (Fsp3) is 0.417. The van der Waals surface area contributed by atoms with Crippen LogP contribution in [0.2, 0.25) is 14.8 Å². The van der Waals surface area contributed by atoms with Crippen molar-refractivity contribution in [3.05, 3.63) is 29.8 Å². The summed E-state index contributed by atoms with van der Waals surface area (Å²) in [5, 5.41) is 0. The Hall–Kier alpha value is -0.711. The third-order valence-corrected chi connectivity index (χ3v) is 4.34. The first-order valence-corrected chi connectivity index (χ1v) is 15.0. The quantitative estimate of drug-likeness (QED) is 0.797. The van der Waals surface area contributed by atoms with E-state index >= 15 is 0 Å². The van der Waals surface area contributed by atoms with E-state index in [1.807, 2.05) is 24.3 Å². The molecule has 4 heteroatoms. The van der Waals surface area contributed by atoms with Crippen LogP contribution in [-0.4, -0.2) is 31.9 Å². The summed E-state index contributed by atoms with van der Waals surface area (Å²) < 4.78 is 10.6. The molecule has 0 aliphatic carbocycles. The number of hydrogen-bond acceptors (Lipinski definition) is 3. The normalized spacial score (nSPS) is 11.0. The first-order valence-electron chi connectivity index (χ1n) is 5.26. The van der Waals surface area contributed by atoms with Gasteiger partial charge in [-0.2, -0.15) is 0 Å². The van der Waals surface area contributed by atoms with E-state index in [9.17, 15) is 4.79 Å². The van der Waals surface area contributed by atoms with E-state index in [4.69, 9.17) is 7.81 Å². The first kappa shape index (κ1) is 13.4. The van der Waals surface area contributed by atoms with Gasteiger partial charge in [-0.15, -0.1) is 0 Å². The van der Waals surface area contributed by atoms with Gasteiger partial charge >= 0.3 is 101 Å². The fourth-order valence-electron chi connectivity index (χ4n) is 1.38. The number of carbonyl (C=O) groups excluding carboxylic acids is 1. The molecule has 3 nitrogen and oxygen atoms in total. The standard InChI is InChI=1S/C9H10O3.3CH3.Sn/c1-12-8-5-3-2-4-7(8)6-9(10)11;;;;/h2-5H,6H2,1H3,(H,10,11);3*1H3;/q;;;;+1/p-1. The van der Waals surface area contributed by atoms with Crippen molar-refractivity contribution in [2.75, 3.05) is 7.11 Å². The van der Waals surface area contributed by atoms with E-state index in [2.05, 4.69) is 14.8 Å². The summed E-state index contributed by atoms with van der Waals surface area (Å²) in [6.07, 6.45) is 0.290. The van der Waals surface area contributed by atoms with Crippen LogP contribution in [0.4, 0.5) is 0 Å². The molecule has 1 rings (SSSR count). The predicted octanol–water partition coefficient (Wildman–Crippen LogP) is 2.62. The molecule has 0 unspecified atom stereocenters. The second-order valence-electron chi connectivity index (χ2n) is 4.58. The number of methoxy groups -OCH3 is 1. The number of para-hydroxylation sites is 1. The van der Waals surface area contributed by atoms with Gasteiger partial charge in [0.25, 0.3) is 0 Å². The molecule has 0 aliphatic rings. The second kappa shape index (κ2) is 5.57. The molecule has 0 spiro atoms. The van der Waals surface area contributed by atoms with Crippen LogP contribution in [0.1, 0.15) is 5.56 Å². The van der Waals surface area contributed by atoms with E-state index < -0.39 is 18.8 Å². The van der Waals surface area contributed by atoms with Crippen LogP contribution in [0.3, 0.4) is 0 Å². The molecule has 0 atom stereocenters. The molecule has 0 N–H and O–H groups in total. The molecule has 0 radical (unpaired) electrons. The molecule has 0 amide bonds. The van der Waals surface area contributed by atoms with E-state index in [-0.39, 0.29) is 12.4 Å². The molecule has 1 aromatic carbocycles. The zero-order chi connectivity index (χ0) is 12.2. The van der Waals surface area contributed by atoms with Crippen molar-refractivity contribution in [2.24, 2.45) is 0 Å². The average molecular weight is 329 g/mol. The van der Waals surface area contributed by atoms with E-state index in [1.54, 1.807) is 7.11 Å². The maximum absolute atomic E-state index is 11.7. The van der Waals surface area contributed by atoms with Crippen molar-refractivity contribution in [2.45, 2.75) is 21.2 Å².